The highest BCUT2D eigenvalue weighted by molar-refractivity contribution is 5.79. The van der Waals surface area contributed by atoms with Crippen LogP contribution in [0.3, 0.4) is 0 Å². The minimum Gasteiger partial charge on any atom is -0.353 e. The molecule has 43 heavy (non-hydrogen) atoms. The van der Waals surface area contributed by atoms with Gasteiger partial charge in [0.25, 0.3) is 0 Å². The lowest BCUT2D eigenvalue weighted by Gasteiger charge is -2.55. The molecule has 0 fully saturated rings. The van der Waals surface area contributed by atoms with Crippen LogP contribution in [0.15, 0.2) is 152 Å². The number of hydrogen-bond donors (Lipinski definition) is 0. The molecule has 0 bridgehead atoms. The van der Waals surface area contributed by atoms with Gasteiger partial charge >= 0.3 is 0 Å². The largest absolute Gasteiger partial charge is 0.353 e. The van der Waals surface area contributed by atoms with Gasteiger partial charge in [-0.05, 0) is 76.8 Å². The van der Waals surface area contributed by atoms with Crippen molar-refractivity contribution in [3.63, 3.8) is 0 Å². The number of nitrogens with zero attached hydrogens (tertiary/aromatic N) is 1. The smallest absolute Gasteiger partial charge is 0.0629 e. The maximum atomic E-state index is 3.90. The van der Waals surface area contributed by atoms with Gasteiger partial charge in [-0.15, -0.1) is 0 Å². The van der Waals surface area contributed by atoms with E-state index in [0.29, 0.717) is 0 Å². The average molecular weight is 560 g/mol. The lowest BCUT2D eigenvalue weighted by molar-refractivity contribution is 0.340. The molecule has 0 aromatic heterocycles. The second kappa shape index (κ2) is 12.3. The van der Waals surface area contributed by atoms with E-state index in [2.05, 4.69) is 171 Å². The van der Waals surface area contributed by atoms with Crippen molar-refractivity contribution in [1.29, 1.82) is 0 Å². The Hall–Kier alpha value is -4.62. The minimum atomic E-state index is -0.149. The Kier molecular flexibility index (Phi) is 8.16. The third-order valence-corrected chi connectivity index (χ3v) is 9.43. The number of rotatable bonds is 9. The summed E-state index contributed by atoms with van der Waals surface area (Å²) in [6.07, 6.45) is 20.4. The van der Waals surface area contributed by atoms with E-state index in [1.165, 1.54) is 39.1 Å². The first-order valence-corrected chi connectivity index (χ1v) is 15.6. The molecular formula is C42H41N. The zero-order valence-corrected chi connectivity index (χ0v) is 25.4. The van der Waals surface area contributed by atoms with Crippen molar-refractivity contribution >= 4 is 22.9 Å². The van der Waals surface area contributed by atoms with Crippen molar-refractivity contribution < 1.29 is 0 Å². The molecule has 1 heteroatoms. The second-order valence-corrected chi connectivity index (χ2v) is 11.7. The van der Waals surface area contributed by atoms with Crippen LogP contribution in [0.4, 0.5) is 5.69 Å². The SMILES string of the molecule is C=Cc1ccc(-c2ccc(N(C3(CC)C=CC(c4ccccc4)=CC3)C3(CC)C=CC(c4ccccc4)=CC3)cc2)cc1. The van der Waals surface area contributed by atoms with E-state index in [1.54, 1.807) is 0 Å². The standard InChI is InChI=1S/C42H41N/c1-4-33-17-19-36(20-18-33)37-21-23-40(24-22-37)43(41(5-2)29-25-38(26-30-41)34-13-9-7-10-14-34)42(6-3)31-27-39(28-32-42)35-15-11-8-12-16-35/h4,7-29,31H,1,5-6,30,32H2,2-3H3. The van der Waals surface area contributed by atoms with E-state index >= 15 is 0 Å². The Labute approximate surface area is 257 Å². The third kappa shape index (κ3) is 5.60. The predicted octanol–water partition coefficient (Wildman–Crippen LogP) is 11.2. The van der Waals surface area contributed by atoms with Crippen LogP contribution in [0, 0.1) is 0 Å². The van der Waals surface area contributed by atoms with Gasteiger partial charge in [0.1, 0.15) is 0 Å². The molecule has 4 aromatic carbocycles. The van der Waals surface area contributed by atoms with E-state index < -0.39 is 0 Å². The molecule has 2 aliphatic rings. The van der Waals surface area contributed by atoms with E-state index in [4.69, 9.17) is 0 Å². The summed E-state index contributed by atoms with van der Waals surface area (Å²) in [5, 5.41) is 0. The molecule has 2 unspecified atom stereocenters. The summed E-state index contributed by atoms with van der Waals surface area (Å²) >= 11 is 0. The van der Waals surface area contributed by atoms with Gasteiger partial charge in [0.2, 0.25) is 0 Å². The number of benzene rings is 4. The van der Waals surface area contributed by atoms with E-state index in [9.17, 15) is 0 Å². The van der Waals surface area contributed by atoms with Gasteiger partial charge in [0, 0.05) is 5.69 Å². The van der Waals surface area contributed by atoms with Crippen molar-refractivity contribution in [3.05, 3.63) is 169 Å². The topological polar surface area (TPSA) is 3.24 Å². The van der Waals surface area contributed by atoms with Crippen LogP contribution in [0.2, 0.25) is 0 Å². The first-order chi connectivity index (χ1) is 21.1. The molecule has 0 radical (unpaired) electrons. The maximum absolute atomic E-state index is 3.90. The van der Waals surface area contributed by atoms with Crippen LogP contribution in [0.1, 0.15) is 56.2 Å². The van der Waals surface area contributed by atoms with Crippen LogP contribution in [0.5, 0.6) is 0 Å². The molecule has 214 valence electrons. The summed E-state index contributed by atoms with van der Waals surface area (Å²) in [7, 11) is 0. The summed E-state index contributed by atoms with van der Waals surface area (Å²) < 4.78 is 0. The highest BCUT2D eigenvalue weighted by Gasteiger charge is 2.45. The fourth-order valence-corrected chi connectivity index (χ4v) is 6.77. The van der Waals surface area contributed by atoms with E-state index in [1.807, 2.05) is 6.08 Å². The van der Waals surface area contributed by atoms with Crippen LogP contribution in [-0.2, 0) is 0 Å². The fraction of sp³-hybridized carbons (Fsp3) is 0.190. The molecule has 0 aliphatic heterocycles. The summed E-state index contributed by atoms with van der Waals surface area (Å²) in [6, 6.07) is 39.4. The van der Waals surface area contributed by atoms with E-state index in [0.717, 1.165) is 31.2 Å². The Bertz CT molecular complexity index is 1590. The normalized spacial score (nSPS) is 21.2. The lowest BCUT2D eigenvalue weighted by atomic mass is 9.75. The predicted molar refractivity (Wildman–Crippen MR) is 187 cm³/mol. The zero-order chi connectivity index (χ0) is 29.7. The van der Waals surface area contributed by atoms with Gasteiger partial charge in [0.15, 0.2) is 0 Å². The van der Waals surface area contributed by atoms with Gasteiger partial charge in [0.05, 0.1) is 11.1 Å². The van der Waals surface area contributed by atoms with Crippen molar-refractivity contribution in [1.82, 2.24) is 0 Å². The number of allylic oxidation sites excluding steroid dienone is 4. The van der Waals surface area contributed by atoms with Crippen molar-refractivity contribution in [2.75, 3.05) is 4.90 Å². The van der Waals surface area contributed by atoms with Gasteiger partial charge in [-0.25, -0.2) is 0 Å². The quantitative estimate of drug-likeness (QED) is 0.197. The summed E-state index contributed by atoms with van der Waals surface area (Å²) in [5.74, 6) is 0. The van der Waals surface area contributed by atoms with Gasteiger partial charge in [-0.2, -0.15) is 0 Å². The number of anilines is 1. The summed E-state index contributed by atoms with van der Waals surface area (Å²) in [4.78, 5) is 2.74. The van der Waals surface area contributed by atoms with Crippen molar-refractivity contribution in [3.8, 4) is 11.1 Å². The molecule has 0 amide bonds. The second-order valence-electron chi connectivity index (χ2n) is 11.7. The average Bonchev–Trinajstić information content (AvgIpc) is 3.10. The highest BCUT2D eigenvalue weighted by atomic mass is 15.3. The Morgan fingerprint density at radius 3 is 1.40 bits per heavy atom. The zero-order valence-electron chi connectivity index (χ0n) is 25.4. The van der Waals surface area contributed by atoms with Crippen molar-refractivity contribution in [2.24, 2.45) is 0 Å². The molecular weight excluding hydrogens is 518 g/mol. The van der Waals surface area contributed by atoms with Crippen LogP contribution in [-0.4, -0.2) is 11.1 Å². The monoisotopic (exact) mass is 559 g/mol. The highest BCUT2D eigenvalue weighted by Crippen LogP contribution is 2.46. The van der Waals surface area contributed by atoms with Gasteiger partial charge in [-0.1, -0.05) is 160 Å². The first kappa shape index (κ1) is 28.5. The molecule has 0 saturated heterocycles. The summed E-state index contributed by atoms with van der Waals surface area (Å²) in [5.41, 5.74) is 9.72. The van der Waals surface area contributed by atoms with Crippen LogP contribution >= 0.6 is 0 Å². The Morgan fingerprint density at radius 1 is 0.581 bits per heavy atom. The fourth-order valence-electron chi connectivity index (χ4n) is 6.77. The molecule has 2 atom stereocenters. The lowest BCUT2D eigenvalue weighted by Crippen LogP contribution is -2.60. The van der Waals surface area contributed by atoms with Crippen molar-refractivity contribution in [2.45, 2.75) is 50.6 Å². The molecule has 6 rings (SSSR count). The van der Waals surface area contributed by atoms with Crippen LogP contribution < -0.4 is 4.90 Å². The van der Waals surface area contributed by atoms with Crippen LogP contribution in [0.25, 0.3) is 28.3 Å². The molecule has 0 saturated carbocycles. The molecule has 4 aromatic rings. The molecule has 2 aliphatic carbocycles. The summed E-state index contributed by atoms with van der Waals surface area (Å²) in [6.45, 7) is 8.59. The maximum Gasteiger partial charge on any atom is 0.0629 e. The van der Waals surface area contributed by atoms with E-state index in [-0.39, 0.29) is 11.1 Å². The Balaban J connectivity index is 1.40. The molecule has 1 nitrogen and oxygen atoms in total. The van der Waals surface area contributed by atoms with Gasteiger partial charge in [-0.3, -0.25) is 0 Å². The number of hydrogen-bond acceptors (Lipinski definition) is 1. The molecule has 0 spiro atoms. The first-order valence-electron chi connectivity index (χ1n) is 15.6. The van der Waals surface area contributed by atoms with Gasteiger partial charge < -0.3 is 4.90 Å². The minimum absolute atomic E-state index is 0.149. The molecule has 0 N–H and O–H groups in total. The molecule has 0 heterocycles. The Morgan fingerprint density at radius 2 is 1.02 bits per heavy atom. The third-order valence-electron chi connectivity index (χ3n) is 9.43.